The van der Waals surface area contributed by atoms with Crippen molar-refractivity contribution in [2.45, 2.75) is 38.8 Å². The average molecular weight is 385 g/mol. The van der Waals surface area contributed by atoms with E-state index in [4.69, 9.17) is 14.2 Å². The van der Waals surface area contributed by atoms with Crippen LogP contribution in [0, 0.1) is 0 Å². The van der Waals surface area contributed by atoms with E-state index in [2.05, 4.69) is 17.4 Å². The molecule has 0 aliphatic heterocycles. The number of ether oxygens (including phenoxy) is 3. The van der Waals surface area contributed by atoms with E-state index in [1.165, 1.54) is 25.8 Å². The van der Waals surface area contributed by atoms with E-state index in [9.17, 15) is 9.59 Å². The van der Waals surface area contributed by atoms with E-state index in [0.29, 0.717) is 11.5 Å². The molecule has 2 atom stereocenters. The molecule has 2 aromatic carbocycles. The largest absolute Gasteiger partial charge is 0.493 e. The van der Waals surface area contributed by atoms with E-state index >= 15 is 0 Å². The Bertz CT molecular complexity index is 791. The summed E-state index contributed by atoms with van der Waals surface area (Å²) in [6.07, 6.45) is 0.758. The molecule has 2 aromatic rings. The number of rotatable bonds is 9. The van der Waals surface area contributed by atoms with Crippen LogP contribution in [0.5, 0.6) is 11.5 Å². The molecular weight excluding hydrogens is 358 g/mol. The zero-order valence-corrected chi connectivity index (χ0v) is 16.7. The molecule has 0 aliphatic rings. The summed E-state index contributed by atoms with van der Waals surface area (Å²) in [6, 6.07) is 14.8. The number of hydrogen-bond acceptors (Lipinski definition) is 5. The molecule has 1 amide bonds. The monoisotopic (exact) mass is 385 g/mol. The van der Waals surface area contributed by atoms with Crippen molar-refractivity contribution < 1.29 is 23.8 Å². The number of carbonyl (C=O) groups is 2. The SMILES string of the molecule is COc1ccc(C(=O)O[C@@H](C)C(=O)N[C@@H](C)CCc2ccccc2)cc1OC. The summed E-state index contributed by atoms with van der Waals surface area (Å²) in [6.45, 7) is 3.49. The molecule has 0 heterocycles. The van der Waals surface area contributed by atoms with E-state index < -0.39 is 12.1 Å². The van der Waals surface area contributed by atoms with Gasteiger partial charge in [0.05, 0.1) is 19.8 Å². The molecular formula is C22H27NO5. The summed E-state index contributed by atoms with van der Waals surface area (Å²) in [7, 11) is 3.00. The van der Waals surface area contributed by atoms with Gasteiger partial charge in [0.25, 0.3) is 5.91 Å². The number of hydrogen-bond donors (Lipinski definition) is 1. The molecule has 0 unspecified atom stereocenters. The van der Waals surface area contributed by atoms with Gasteiger partial charge in [-0.2, -0.15) is 0 Å². The van der Waals surface area contributed by atoms with Crippen molar-refractivity contribution in [3.8, 4) is 11.5 Å². The first kappa shape index (κ1) is 21.3. The Balaban J connectivity index is 1.86. The summed E-state index contributed by atoms with van der Waals surface area (Å²) in [4.78, 5) is 24.6. The normalized spacial score (nSPS) is 12.6. The molecule has 0 aliphatic carbocycles. The van der Waals surface area contributed by atoms with Crippen LogP contribution in [0.4, 0.5) is 0 Å². The zero-order chi connectivity index (χ0) is 20.5. The molecule has 0 bridgehead atoms. The van der Waals surface area contributed by atoms with Crippen molar-refractivity contribution in [1.29, 1.82) is 0 Å². The molecule has 28 heavy (non-hydrogen) atoms. The van der Waals surface area contributed by atoms with Crippen molar-refractivity contribution in [2.75, 3.05) is 14.2 Å². The first-order valence-corrected chi connectivity index (χ1v) is 9.22. The highest BCUT2D eigenvalue weighted by molar-refractivity contribution is 5.92. The smallest absolute Gasteiger partial charge is 0.339 e. The van der Waals surface area contributed by atoms with Crippen molar-refractivity contribution in [3.05, 3.63) is 59.7 Å². The summed E-state index contributed by atoms with van der Waals surface area (Å²) in [5.41, 5.74) is 1.51. The maximum Gasteiger partial charge on any atom is 0.339 e. The van der Waals surface area contributed by atoms with Crippen molar-refractivity contribution in [1.82, 2.24) is 5.32 Å². The predicted octanol–water partition coefficient (Wildman–Crippen LogP) is 3.39. The molecule has 0 fully saturated rings. The molecule has 0 spiro atoms. The molecule has 6 heteroatoms. The summed E-state index contributed by atoms with van der Waals surface area (Å²) in [5.74, 6) is 0.00982. The molecule has 0 saturated carbocycles. The molecule has 1 N–H and O–H groups in total. The molecule has 2 rings (SSSR count). The van der Waals surface area contributed by atoms with E-state index in [1.54, 1.807) is 19.1 Å². The third-order valence-corrected chi connectivity index (χ3v) is 4.37. The average Bonchev–Trinajstić information content (AvgIpc) is 2.72. The van der Waals surface area contributed by atoms with Gasteiger partial charge in [-0.05, 0) is 50.5 Å². The number of nitrogens with one attached hydrogen (secondary N) is 1. The minimum Gasteiger partial charge on any atom is -0.493 e. The van der Waals surface area contributed by atoms with Gasteiger partial charge >= 0.3 is 5.97 Å². The van der Waals surface area contributed by atoms with Crippen LogP contribution in [0.3, 0.4) is 0 Å². The van der Waals surface area contributed by atoms with Gasteiger partial charge in [0.15, 0.2) is 17.6 Å². The van der Waals surface area contributed by atoms with Gasteiger partial charge in [0.2, 0.25) is 0 Å². The number of esters is 1. The van der Waals surface area contributed by atoms with Gasteiger partial charge in [-0.15, -0.1) is 0 Å². The Hall–Kier alpha value is -3.02. The van der Waals surface area contributed by atoms with Crippen LogP contribution in [0.25, 0.3) is 0 Å². The van der Waals surface area contributed by atoms with Gasteiger partial charge in [-0.3, -0.25) is 4.79 Å². The van der Waals surface area contributed by atoms with E-state index in [0.717, 1.165) is 12.8 Å². The minimum atomic E-state index is -0.903. The molecule has 0 radical (unpaired) electrons. The standard InChI is InChI=1S/C22H27NO5/c1-15(10-11-17-8-6-5-7-9-17)23-21(24)16(2)28-22(25)18-12-13-19(26-3)20(14-18)27-4/h5-9,12-16H,10-11H2,1-4H3,(H,23,24)/t15-,16-/m0/s1. The molecule has 0 aromatic heterocycles. The lowest BCUT2D eigenvalue weighted by Crippen LogP contribution is -2.41. The number of aryl methyl sites for hydroxylation is 1. The zero-order valence-electron chi connectivity index (χ0n) is 16.7. The highest BCUT2D eigenvalue weighted by Crippen LogP contribution is 2.27. The number of methoxy groups -OCH3 is 2. The Morgan fingerprint density at radius 1 is 0.964 bits per heavy atom. The Morgan fingerprint density at radius 2 is 1.64 bits per heavy atom. The van der Waals surface area contributed by atoms with Crippen LogP contribution in [0.15, 0.2) is 48.5 Å². The van der Waals surface area contributed by atoms with Gasteiger partial charge < -0.3 is 19.5 Å². The van der Waals surface area contributed by atoms with Gasteiger partial charge in [0.1, 0.15) is 0 Å². The van der Waals surface area contributed by atoms with Crippen molar-refractivity contribution in [2.24, 2.45) is 0 Å². The molecule has 150 valence electrons. The fraction of sp³-hybridized carbons (Fsp3) is 0.364. The minimum absolute atomic E-state index is 0.0325. The first-order valence-electron chi connectivity index (χ1n) is 9.22. The third kappa shape index (κ3) is 6.01. The van der Waals surface area contributed by atoms with Gasteiger partial charge in [-0.25, -0.2) is 4.79 Å². The third-order valence-electron chi connectivity index (χ3n) is 4.37. The second-order valence-electron chi connectivity index (χ2n) is 6.55. The van der Waals surface area contributed by atoms with Crippen LogP contribution >= 0.6 is 0 Å². The highest BCUT2D eigenvalue weighted by atomic mass is 16.5. The van der Waals surface area contributed by atoms with Crippen LogP contribution in [0.1, 0.15) is 36.2 Å². The first-order chi connectivity index (χ1) is 13.4. The summed E-state index contributed by atoms with van der Waals surface area (Å²) in [5, 5.41) is 2.89. The summed E-state index contributed by atoms with van der Waals surface area (Å²) >= 11 is 0. The molecule has 0 saturated heterocycles. The van der Waals surface area contributed by atoms with Crippen LogP contribution in [-0.4, -0.2) is 38.2 Å². The Labute approximate surface area is 165 Å². The van der Waals surface area contributed by atoms with Crippen LogP contribution in [0.2, 0.25) is 0 Å². The predicted molar refractivity (Wildman–Crippen MR) is 107 cm³/mol. The maximum absolute atomic E-state index is 12.3. The number of amides is 1. The van der Waals surface area contributed by atoms with E-state index in [-0.39, 0.29) is 17.5 Å². The number of benzene rings is 2. The van der Waals surface area contributed by atoms with Crippen LogP contribution < -0.4 is 14.8 Å². The highest BCUT2D eigenvalue weighted by Gasteiger charge is 2.21. The van der Waals surface area contributed by atoms with Crippen molar-refractivity contribution >= 4 is 11.9 Å². The lowest BCUT2D eigenvalue weighted by Gasteiger charge is -2.18. The van der Waals surface area contributed by atoms with Gasteiger partial charge in [0, 0.05) is 6.04 Å². The summed E-state index contributed by atoms with van der Waals surface area (Å²) < 4.78 is 15.6. The topological polar surface area (TPSA) is 73.9 Å². The molecule has 6 nitrogen and oxygen atoms in total. The second kappa shape index (κ2) is 10.3. The quantitative estimate of drug-likeness (QED) is 0.670. The van der Waals surface area contributed by atoms with Crippen molar-refractivity contribution in [3.63, 3.8) is 0 Å². The second-order valence-corrected chi connectivity index (χ2v) is 6.55. The fourth-order valence-electron chi connectivity index (χ4n) is 2.71. The number of carbonyl (C=O) groups excluding carboxylic acids is 2. The Kier molecular flexibility index (Phi) is 7.87. The lowest BCUT2D eigenvalue weighted by atomic mass is 10.1. The van der Waals surface area contributed by atoms with Gasteiger partial charge in [-0.1, -0.05) is 30.3 Å². The maximum atomic E-state index is 12.3. The fourth-order valence-corrected chi connectivity index (χ4v) is 2.71. The lowest BCUT2D eigenvalue weighted by molar-refractivity contribution is -0.129. The van der Waals surface area contributed by atoms with Crippen LogP contribution in [-0.2, 0) is 16.0 Å². The Morgan fingerprint density at radius 3 is 2.29 bits per heavy atom. The van der Waals surface area contributed by atoms with E-state index in [1.807, 2.05) is 25.1 Å².